The molecule has 15 heavy (non-hydrogen) atoms. The van der Waals surface area contributed by atoms with Crippen LogP contribution in [0.25, 0.3) is 0 Å². The average molecular weight is 277 g/mol. The molecule has 1 fully saturated rings. The zero-order chi connectivity index (χ0) is 11.1. The van der Waals surface area contributed by atoms with Crippen molar-refractivity contribution in [1.82, 2.24) is 0 Å². The quantitative estimate of drug-likeness (QED) is 0.511. The third-order valence-corrected chi connectivity index (χ3v) is 3.85. The van der Waals surface area contributed by atoms with E-state index in [1.54, 1.807) is 0 Å². The van der Waals surface area contributed by atoms with E-state index >= 15 is 0 Å². The Morgan fingerprint density at radius 3 is 2.67 bits per heavy atom. The molecule has 0 aromatic rings. The molecule has 1 aliphatic heterocycles. The number of hydrogen-bond donors (Lipinski definition) is 0. The zero-order valence-electron chi connectivity index (χ0n) is 10.2. The summed E-state index contributed by atoms with van der Waals surface area (Å²) >= 11 is 3.49. The van der Waals surface area contributed by atoms with Crippen LogP contribution in [0.4, 0.5) is 0 Å². The molecular weight excluding hydrogens is 252 g/mol. The molecule has 0 radical (unpaired) electrons. The van der Waals surface area contributed by atoms with E-state index < -0.39 is 0 Å². The Bertz CT molecular complexity index is 162. The van der Waals surface area contributed by atoms with Gasteiger partial charge in [-0.25, -0.2) is 0 Å². The van der Waals surface area contributed by atoms with Crippen molar-refractivity contribution >= 4 is 15.9 Å². The molecule has 1 atom stereocenters. The fourth-order valence-corrected chi connectivity index (χ4v) is 2.78. The lowest BCUT2D eigenvalue weighted by molar-refractivity contribution is -0.0113. The summed E-state index contributed by atoms with van der Waals surface area (Å²) in [6.07, 6.45) is 9.66. The predicted molar refractivity (Wildman–Crippen MR) is 69.6 cm³/mol. The molecule has 1 heterocycles. The first-order valence-electron chi connectivity index (χ1n) is 6.32. The van der Waals surface area contributed by atoms with Crippen LogP contribution in [-0.2, 0) is 4.74 Å². The van der Waals surface area contributed by atoms with Crippen LogP contribution in [0.3, 0.4) is 0 Å². The fourth-order valence-electron chi connectivity index (χ4n) is 2.38. The predicted octanol–water partition coefficient (Wildman–Crippen LogP) is 4.54. The van der Waals surface area contributed by atoms with Crippen LogP contribution >= 0.6 is 15.9 Å². The maximum absolute atomic E-state index is 5.81. The van der Waals surface area contributed by atoms with Crippen LogP contribution in [0.5, 0.6) is 0 Å². The highest BCUT2D eigenvalue weighted by Gasteiger charge is 2.24. The van der Waals surface area contributed by atoms with Crippen LogP contribution in [0.2, 0.25) is 0 Å². The number of hydrogen-bond acceptors (Lipinski definition) is 1. The van der Waals surface area contributed by atoms with E-state index in [4.69, 9.17) is 4.74 Å². The summed E-state index contributed by atoms with van der Waals surface area (Å²) in [4.78, 5) is 0. The van der Waals surface area contributed by atoms with E-state index in [9.17, 15) is 0 Å². The minimum atomic E-state index is 0.462. The van der Waals surface area contributed by atoms with Gasteiger partial charge in [0.25, 0.3) is 0 Å². The monoisotopic (exact) mass is 276 g/mol. The van der Waals surface area contributed by atoms with Crippen molar-refractivity contribution in [2.75, 3.05) is 11.9 Å². The number of alkyl halides is 1. The highest BCUT2D eigenvalue weighted by molar-refractivity contribution is 9.09. The Kier molecular flexibility index (Phi) is 6.21. The molecule has 90 valence electrons. The van der Waals surface area contributed by atoms with E-state index in [-0.39, 0.29) is 0 Å². The summed E-state index contributed by atoms with van der Waals surface area (Å²) in [5.41, 5.74) is 0.462. The molecule has 0 aromatic heterocycles. The van der Waals surface area contributed by atoms with Crippen molar-refractivity contribution in [3.8, 4) is 0 Å². The lowest BCUT2D eigenvalue weighted by atomic mass is 9.80. The van der Waals surface area contributed by atoms with Crippen LogP contribution in [-0.4, -0.2) is 18.0 Å². The Hall–Kier alpha value is 0.440. The molecular formula is C13H25BrO. The van der Waals surface area contributed by atoms with E-state index in [1.807, 2.05) is 0 Å². The summed E-state index contributed by atoms with van der Waals surface area (Å²) in [6.45, 7) is 5.76. The second kappa shape index (κ2) is 6.90. The molecule has 0 aromatic carbocycles. The van der Waals surface area contributed by atoms with E-state index in [2.05, 4.69) is 29.8 Å². The van der Waals surface area contributed by atoms with Crippen LogP contribution in [0.15, 0.2) is 0 Å². The van der Waals surface area contributed by atoms with Crippen molar-refractivity contribution in [3.05, 3.63) is 0 Å². The lowest BCUT2D eigenvalue weighted by Gasteiger charge is -2.32. The molecule has 1 unspecified atom stereocenters. The number of halogens is 1. The molecule has 0 N–H and O–H groups in total. The van der Waals surface area contributed by atoms with Crippen LogP contribution in [0, 0.1) is 5.41 Å². The van der Waals surface area contributed by atoms with Gasteiger partial charge in [0.2, 0.25) is 0 Å². The molecule has 2 heteroatoms. The smallest absolute Gasteiger partial charge is 0.0580 e. The Labute approximate surface area is 103 Å². The summed E-state index contributed by atoms with van der Waals surface area (Å²) in [5, 5.41) is 1.14. The van der Waals surface area contributed by atoms with Gasteiger partial charge in [-0.15, -0.1) is 0 Å². The van der Waals surface area contributed by atoms with Gasteiger partial charge in [0, 0.05) is 11.9 Å². The Balaban J connectivity index is 2.20. The van der Waals surface area contributed by atoms with Gasteiger partial charge < -0.3 is 4.74 Å². The Morgan fingerprint density at radius 2 is 2.07 bits per heavy atom. The van der Waals surface area contributed by atoms with Gasteiger partial charge in [-0.1, -0.05) is 36.2 Å². The van der Waals surface area contributed by atoms with Crippen molar-refractivity contribution in [3.63, 3.8) is 0 Å². The summed E-state index contributed by atoms with van der Waals surface area (Å²) in [6, 6.07) is 0. The van der Waals surface area contributed by atoms with Crippen molar-refractivity contribution in [2.45, 2.75) is 64.9 Å². The largest absolute Gasteiger partial charge is 0.378 e. The molecule has 0 amide bonds. The van der Waals surface area contributed by atoms with Crippen LogP contribution in [0.1, 0.15) is 58.8 Å². The first-order valence-corrected chi connectivity index (χ1v) is 7.44. The highest BCUT2D eigenvalue weighted by atomic mass is 79.9. The second-order valence-corrected chi connectivity index (χ2v) is 6.30. The molecule has 1 rings (SSSR count). The number of rotatable bonds is 6. The van der Waals surface area contributed by atoms with E-state index in [0.717, 1.165) is 11.9 Å². The van der Waals surface area contributed by atoms with Gasteiger partial charge in [0.1, 0.15) is 0 Å². The van der Waals surface area contributed by atoms with E-state index in [1.165, 1.54) is 44.9 Å². The zero-order valence-corrected chi connectivity index (χ0v) is 11.8. The summed E-state index contributed by atoms with van der Waals surface area (Å²) in [5.74, 6) is 0. The maximum atomic E-state index is 5.81. The number of ether oxygens (including phenoxy) is 1. The van der Waals surface area contributed by atoms with Crippen LogP contribution < -0.4 is 0 Å². The number of unbranched alkanes of at least 4 members (excludes halogenated alkanes) is 1. The van der Waals surface area contributed by atoms with Gasteiger partial charge >= 0.3 is 0 Å². The molecule has 0 bridgehead atoms. The second-order valence-electron chi connectivity index (χ2n) is 5.50. The fraction of sp³-hybridized carbons (Fsp3) is 1.00. The molecule has 0 spiro atoms. The summed E-state index contributed by atoms with van der Waals surface area (Å²) in [7, 11) is 0. The molecule has 0 saturated carbocycles. The van der Waals surface area contributed by atoms with Gasteiger partial charge in [0.15, 0.2) is 0 Å². The van der Waals surface area contributed by atoms with Gasteiger partial charge in [-0.3, -0.25) is 0 Å². The van der Waals surface area contributed by atoms with Gasteiger partial charge in [-0.2, -0.15) is 0 Å². The first-order chi connectivity index (χ1) is 7.14. The first kappa shape index (κ1) is 13.5. The average Bonchev–Trinajstić information content (AvgIpc) is 2.18. The van der Waals surface area contributed by atoms with E-state index in [0.29, 0.717) is 11.5 Å². The summed E-state index contributed by atoms with van der Waals surface area (Å²) < 4.78 is 5.81. The van der Waals surface area contributed by atoms with Crippen molar-refractivity contribution in [2.24, 2.45) is 5.41 Å². The Morgan fingerprint density at radius 1 is 1.27 bits per heavy atom. The normalized spacial score (nSPS) is 23.0. The molecule has 1 saturated heterocycles. The molecule has 1 aliphatic rings. The lowest BCUT2D eigenvalue weighted by Crippen LogP contribution is -2.26. The van der Waals surface area contributed by atoms with Crippen molar-refractivity contribution < 1.29 is 4.74 Å². The van der Waals surface area contributed by atoms with Gasteiger partial charge in [0.05, 0.1) is 6.10 Å². The highest BCUT2D eigenvalue weighted by Crippen LogP contribution is 2.32. The minimum Gasteiger partial charge on any atom is -0.378 e. The topological polar surface area (TPSA) is 9.23 Å². The SMILES string of the molecule is CC(C)(CCCCBr)CC1CCCCO1. The standard InChI is InChI=1S/C13H25BrO/c1-13(2,8-4-5-9-14)11-12-7-3-6-10-15-12/h12H,3-11H2,1-2H3. The third kappa shape index (κ3) is 5.91. The molecule has 1 nitrogen and oxygen atoms in total. The third-order valence-electron chi connectivity index (χ3n) is 3.29. The van der Waals surface area contributed by atoms with Crippen molar-refractivity contribution in [1.29, 1.82) is 0 Å². The molecule has 0 aliphatic carbocycles. The minimum absolute atomic E-state index is 0.462. The maximum Gasteiger partial charge on any atom is 0.0580 e. The van der Waals surface area contributed by atoms with Gasteiger partial charge in [-0.05, 0) is 43.9 Å².